The van der Waals surface area contributed by atoms with E-state index in [9.17, 15) is 34.2 Å². The fourth-order valence-corrected chi connectivity index (χ4v) is 5.28. The van der Waals surface area contributed by atoms with Gasteiger partial charge < -0.3 is 30.3 Å². The summed E-state index contributed by atoms with van der Waals surface area (Å²) in [7, 11) is 0. The molecule has 14 heteroatoms. The van der Waals surface area contributed by atoms with E-state index in [2.05, 4.69) is 21.0 Å². The lowest BCUT2D eigenvalue weighted by atomic mass is 9.89. The number of nitrogens with zero attached hydrogens (tertiary/aromatic N) is 2. The van der Waals surface area contributed by atoms with Crippen LogP contribution < -0.4 is 16.1 Å². The van der Waals surface area contributed by atoms with E-state index in [1.165, 1.54) is 11.9 Å². The molecular formula is C37H53N5O9. The molecule has 14 nitrogen and oxygen atoms in total. The van der Waals surface area contributed by atoms with Gasteiger partial charge in [-0.1, -0.05) is 58.0 Å². The first kappa shape index (κ1) is 41.0. The van der Waals surface area contributed by atoms with E-state index >= 15 is 0 Å². The van der Waals surface area contributed by atoms with Crippen molar-refractivity contribution in [1.29, 1.82) is 0 Å². The highest BCUT2D eigenvalue weighted by Gasteiger charge is 2.36. The number of aliphatic carboxylic acids is 1. The zero-order chi connectivity index (χ0) is 38.1. The molecule has 5 N–H and O–H groups in total. The first-order valence-corrected chi connectivity index (χ1v) is 17.2. The van der Waals surface area contributed by atoms with Crippen molar-refractivity contribution in [2.24, 2.45) is 16.7 Å². The van der Waals surface area contributed by atoms with Gasteiger partial charge in [0.25, 0.3) is 5.91 Å². The topological polar surface area (TPSA) is 196 Å². The predicted molar refractivity (Wildman–Crippen MR) is 191 cm³/mol. The van der Waals surface area contributed by atoms with Crippen LogP contribution in [-0.2, 0) is 33.4 Å². The van der Waals surface area contributed by atoms with Crippen molar-refractivity contribution >= 4 is 46.6 Å². The van der Waals surface area contributed by atoms with Gasteiger partial charge in [0.05, 0.1) is 36.4 Å². The number of benzene rings is 1. The van der Waals surface area contributed by atoms with Crippen LogP contribution in [-0.4, -0.2) is 94.4 Å². The number of ether oxygens (including phenoxy) is 2. The third-order valence-corrected chi connectivity index (χ3v) is 8.58. The normalized spacial score (nSPS) is 17.2. The lowest BCUT2D eigenvalue weighted by Crippen LogP contribution is -2.62. The van der Waals surface area contributed by atoms with Crippen molar-refractivity contribution < 1.29 is 43.7 Å². The third kappa shape index (κ3) is 11.8. The van der Waals surface area contributed by atoms with Crippen molar-refractivity contribution in [3.8, 4) is 0 Å². The highest BCUT2D eigenvalue weighted by molar-refractivity contribution is 5.94. The molecule has 1 aromatic heterocycles. The number of amides is 3. The van der Waals surface area contributed by atoms with E-state index in [4.69, 9.17) is 9.47 Å². The van der Waals surface area contributed by atoms with Crippen LogP contribution in [0.3, 0.4) is 0 Å². The third-order valence-electron chi connectivity index (χ3n) is 8.58. The van der Waals surface area contributed by atoms with Crippen LogP contribution in [0.25, 0.3) is 17.0 Å². The van der Waals surface area contributed by atoms with Crippen LogP contribution >= 0.6 is 0 Å². The summed E-state index contributed by atoms with van der Waals surface area (Å²) in [4.78, 5) is 68.6. The van der Waals surface area contributed by atoms with Crippen LogP contribution in [0.1, 0.15) is 85.6 Å². The van der Waals surface area contributed by atoms with Crippen LogP contribution in [0.4, 0.5) is 0 Å². The van der Waals surface area contributed by atoms with E-state index in [-0.39, 0.29) is 32.3 Å². The summed E-state index contributed by atoms with van der Waals surface area (Å²) in [6, 6.07) is 6.20. The molecule has 0 spiro atoms. The molecule has 1 aliphatic rings. The van der Waals surface area contributed by atoms with E-state index in [0.717, 1.165) is 10.9 Å². The monoisotopic (exact) mass is 711 g/mol. The summed E-state index contributed by atoms with van der Waals surface area (Å²) in [6.45, 7) is 13.6. The van der Waals surface area contributed by atoms with E-state index in [1.54, 1.807) is 60.6 Å². The highest BCUT2D eigenvalue weighted by Crippen LogP contribution is 2.24. The Labute approximate surface area is 299 Å². The van der Waals surface area contributed by atoms with Gasteiger partial charge in [0.2, 0.25) is 11.8 Å². The quantitative estimate of drug-likeness (QED) is 0.161. The van der Waals surface area contributed by atoms with Gasteiger partial charge in [-0.15, -0.1) is 0 Å². The maximum atomic E-state index is 13.7. The van der Waals surface area contributed by atoms with E-state index in [1.807, 2.05) is 30.3 Å². The molecule has 1 aromatic carbocycles. The molecule has 0 radical (unpaired) electrons. The molecule has 2 aromatic rings. The van der Waals surface area contributed by atoms with E-state index in [0.29, 0.717) is 24.1 Å². The van der Waals surface area contributed by atoms with Crippen LogP contribution in [0.2, 0.25) is 0 Å². The number of rotatable bonds is 16. The number of aromatic nitrogens is 1. The Balaban J connectivity index is 1.76. The maximum absolute atomic E-state index is 13.7. The Bertz CT molecular complexity index is 1610. The number of hydrogen-bond donors (Lipinski definition) is 5. The van der Waals surface area contributed by atoms with Crippen molar-refractivity contribution in [3.05, 3.63) is 47.7 Å². The average molecular weight is 712 g/mol. The number of aliphatic hydroxyl groups excluding tert-OH is 1. The van der Waals surface area contributed by atoms with Gasteiger partial charge in [0, 0.05) is 24.3 Å². The lowest BCUT2D eigenvalue weighted by molar-refractivity contribution is -0.150. The predicted octanol–water partition coefficient (Wildman–Crippen LogP) is 3.14. The number of carbonyl (C=O) groups is 5. The Hall–Kier alpha value is -4.40. The molecule has 3 rings (SSSR count). The Morgan fingerprint density at radius 2 is 1.76 bits per heavy atom. The number of carbonyl (C=O) groups excluding carboxylic acids is 4. The smallest absolute Gasteiger partial charge is 0.322 e. The summed E-state index contributed by atoms with van der Waals surface area (Å²) in [5.41, 5.74) is 3.15. The minimum Gasteiger partial charge on any atom is -0.480 e. The Morgan fingerprint density at radius 1 is 1.08 bits per heavy atom. The molecule has 3 amide bonds. The number of nitrogens with one attached hydrogen (secondary N) is 3. The number of hydrogen-bond acceptors (Lipinski definition) is 10. The van der Waals surface area contributed by atoms with Gasteiger partial charge in [0.1, 0.15) is 24.2 Å². The molecule has 1 saturated heterocycles. The number of carboxylic acid groups (broad SMARTS) is 1. The fourth-order valence-electron chi connectivity index (χ4n) is 5.28. The Morgan fingerprint density at radius 3 is 2.39 bits per heavy atom. The number of aliphatic hydroxyl groups is 1. The molecule has 0 bridgehead atoms. The molecule has 51 heavy (non-hydrogen) atoms. The number of pyridine rings is 1. The van der Waals surface area contributed by atoms with Gasteiger partial charge in [0.15, 0.2) is 0 Å². The van der Waals surface area contributed by atoms with Crippen molar-refractivity contribution in [2.45, 2.75) is 92.5 Å². The van der Waals surface area contributed by atoms with Gasteiger partial charge in [-0.3, -0.25) is 29.0 Å². The van der Waals surface area contributed by atoms with Crippen molar-refractivity contribution in [3.63, 3.8) is 0 Å². The number of fused-ring (bicyclic) bond motifs is 1. The number of carboxylic acids is 1. The molecule has 0 aliphatic carbocycles. The van der Waals surface area contributed by atoms with Crippen LogP contribution in [0, 0.1) is 16.7 Å². The van der Waals surface area contributed by atoms with Crippen molar-refractivity contribution in [2.75, 3.05) is 26.4 Å². The zero-order valence-electron chi connectivity index (χ0n) is 30.8. The molecule has 1 aliphatic heterocycles. The second-order valence-corrected chi connectivity index (χ2v) is 14.7. The molecule has 0 saturated carbocycles. The number of hydrazine groups is 1. The van der Waals surface area contributed by atoms with Gasteiger partial charge in [-0.05, 0) is 57.2 Å². The summed E-state index contributed by atoms with van der Waals surface area (Å²) in [6.07, 6.45) is 3.81. The molecule has 2 heterocycles. The van der Waals surface area contributed by atoms with Crippen LogP contribution in [0.5, 0.6) is 0 Å². The van der Waals surface area contributed by atoms with E-state index < -0.39 is 64.7 Å². The maximum Gasteiger partial charge on any atom is 0.322 e. The van der Waals surface area contributed by atoms with Gasteiger partial charge in [-0.25, -0.2) is 10.4 Å². The summed E-state index contributed by atoms with van der Waals surface area (Å²) < 4.78 is 11.0. The summed E-state index contributed by atoms with van der Waals surface area (Å²) in [5.74, 6) is -3.46. The largest absolute Gasteiger partial charge is 0.480 e. The lowest BCUT2D eigenvalue weighted by Gasteiger charge is -2.35. The highest BCUT2D eigenvalue weighted by atomic mass is 16.5. The fraction of sp³-hybridized carbons (Fsp3) is 0.568. The second-order valence-electron chi connectivity index (χ2n) is 14.7. The minimum atomic E-state index is -1.20. The molecule has 0 unspecified atom stereocenters. The van der Waals surface area contributed by atoms with Gasteiger partial charge in [-0.2, -0.15) is 0 Å². The standard InChI is InChI=1S/C37H53N5O9/c1-22(2)31(32(45)39-30(19-50-21-36(5,6)20-43)33(46)42-17-9-10-28(41-42)34(47)48)40-35(49)37(7,8)16-15-25-11-12-26-13-14-27(38-29(26)18-25)23(3)51-24(4)44/h11-16,18,22-23,28,30-31,41,43H,9-10,17,19-21H2,1-8H3,(H,39,45)(H,40,49)(H,47,48)/b16-15+/t23-,28+,30+,31+/m1/s1. The minimum absolute atomic E-state index is 0.0982. The average Bonchev–Trinajstić information content (AvgIpc) is 3.07. The number of esters is 1. The second kappa shape index (κ2) is 17.7. The summed E-state index contributed by atoms with van der Waals surface area (Å²) >= 11 is 0. The van der Waals surface area contributed by atoms with Gasteiger partial charge >= 0.3 is 11.9 Å². The van der Waals surface area contributed by atoms with Crippen molar-refractivity contribution in [1.82, 2.24) is 26.1 Å². The Kier molecular flexibility index (Phi) is 14.2. The molecule has 280 valence electrons. The first-order valence-electron chi connectivity index (χ1n) is 17.2. The zero-order valence-corrected chi connectivity index (χ0v) is 30.8. The van der Waals surface area contributed by atoms with Crippen LogP contribution in [0.15, 0.2) is 36.4 Å². The summed E-state index contributed by atoms with van der Waals surface area (Å²) in [5, 5.41) is 26.8. The first-order chi connectivity index (χ1) is 23.8. The molecule has 4 atom stereocenters. The molecular weight excluding hydrogens is 658 g/mol. The molecule has 1 fully saturated rings. The SMILES string of the molecule is CC(=O)O[C@H](C)c1ccc2ccc(/C=C/C(C)(C)C(=O)N[C@H](C(=O)N[C@@H](COCC(C)(C)CO)C(=O)N3CCC[C@@H](C(=O)O)N3)C(C)C)cc2n1.